The number of carbonyl (C=O) groups excluding carboxylic acids is 2. The monoisotopic (exact) mass is 449 g/mol. The van der Waals surface area contributed by atoms with E-state index in [-0.39, 0.29) is 17.2 Å². The van der Waals surface area contributed by atoms with Gasteiger partial charge in [-0.2, -0.15) is 4.31 Å². The molecule has 0 bridgehead atoms. The number of nitrogens with one attached hydrogen (secondary N) is 2. The van der Waals surface area contributed by atoms with Crippen molar-refractivity contribution in [1.29, 1.82) is 0 Å². The van der Waals surface area contributed by atoms with Crippen LogP contribution in [0, 0.1) is 5.82 Å². The molecular formula is C21H24FN3O5S. The first-order valence-electron chi connectivity index (χ1n) is 9.88. The zero-order chi connectivity index (χ0) is 22.4. The van der Waals surface area contributed by atoms with Gasteiger partial charge in [-0.1, -0.05) is 36.8 Å². The molecule has 8 nitrogen and oxygen atoms in total. The van der Waals surface area contributed by atoms with Gasteiger partial charge >= 0.3 is 0 Å². The van der Waals surface area contributed by atoms with E-state index >= 15 is 0 Å². The van der Waals surface area contributed by atoms with Crippen molar-refractivity contribution in [3.63, 3.8) is 0 Å². The van der Waals surface area contributed by atoms with Gasteiger partial charge in [0, 0.05) is 6.54 Å². The molecule has 10 heteroatoms. The zero-order valence-corrected chi connectivity index (χ0v) is 17.8. The number of amides is 2. The van der Waals surface area contributed by atoms with Crippen molar-refractivity contribution < 1.29 is 27.1 Å². The second-order valence-corrected chi connectivity index (χ2v) is 9.00. The number of hydrogen-bond acceptors (Lipinski definition) is 5. The third kappa shape index (κ3) is 5.39. The summed E-state index contributed by atoms with van der Waals surface area (Å²) in [6, 6.07) is 12.6. The summed E-state index contributed by atoms with van der Waals surface area (Å²) in [4.78, 5) is 25.0. The van der Waals surface area contributed by atoms with E-state index in [0.717, 1.165) is 4.31 Å². The van der Waals surface area contributed by atoms with Gasteiger partial charge in [-0.25, -0.2) is 12.8 Å². The van der Waals surface area contributed by atoms with Crippen molar-refractivity contribution in [2.45, 2.75) is 43.2 Å². The first kappa shape index (κ1) is 22.7. The second-order valence-electron chi connectivity index (χ2n) is 7.11. The number of hydrazine groups is 1. The first-order valence-corrected chi connectivity index (χ1v) is 11.3. The average Bonchev–Trinajstić information content (AvgIpc) is 2.79. The number of piperidine rings is 1. The standard InChI is InChI=1S/C21H24FN3O5S/c1-15(30-19-13-6-5-11-17(19)22)20(26)23-24-21(27)18-12-7-8-14-25(18)31(28,29)16-9-3-2-4-10-16/h2-6,9-11,13,15,18H,7-8,12,14H2,1H3,(H,23,26)(H,24,27). The number of sulfonamides is 1. The van der Waals surface area contributed by atoms with Crippen LogP contribution < -0.4 is 15.6 Å². The highest BCUT2D eigenvalue weighted by atomic mass is 32.2. The van der Waals surface area contributed by atoms with Gasteiger partial charge in [-0.3, -0.25) is 20.4 Å². The predicted molar refractivity (Wildman–Crippen MR) is 111 cm³/mol. The summed E-state index contributed by atoms with van der Waals surface area (Å²) in [6.45, 7) is 1.61. The Morgan fingerprint density at radius 2 is 1.74 bits per heavy atom. The van der Waals surface area contributed by atoms with Crippen LogP contribution in [0.5, 0.6) is 5.75 Å². The molecular weight excluding hydrogens is 425 g/mol. The number of ether oxygens (including phenoxy) is 1. The van der Waals surface area contributed by atoms with Crippen molar-refractivity contribution in [2.24, 2.45) is 0 Å². The van der Waals surface area contributed by atoms with Crippen molar-refractivity contribution in [2.75, 3.05) is 6.54 Å². The molecule has 2 aromatic rings. The Labute approximate surface area is 180 Å². The molecule has 0 radical (unpaired) electrons. The fourth-order valence-corrected chi connectivity index (χ4v) is 4.95. The molecule has 166 valence electrons. The van der Waals surface area contributed by atoms with Gasteiger partial charge in [-0.15, -0.1) is 0 Å². The number of carbonyl (C=O) groups is 2. The number of hydrogen-bond donors (Lipinski definition) is 2. The quantitative estimate of drug-likeness (QED) is 0.657. The topological polar surface area (TPSA) is 105 Å². The van der Waals surface area contributed by atoms with E-state index in [1.807, 2.05) is 0 Å². The molecule has 1 fully saturated rings. The van der Waals surface area contributed by atoms with Crippen LogP contribution in [0.3, 0.4) is 0 Å². The van der Waals surface area contributed by atoms with Gasteiger partial charge in [0.2, 0.25) is 10.0 Å². The van der Waals surface area contributed by atoms with Gasteiger partial charge in [-0.05, 0) is 44.0 Å². The summed E-state index contributed by atoms with van der Waals surface area (Å²) < 4.78 is 46.1. The van der Waals surface area contributed by atoms with Crippen molar-refractivity contribution >= 4 is 21.8 Å². The van der Waals surface area contributed by atoms with Crippen LogP contribution in [0.1, 0.15) is 26.2 Å². The molecule has 0 saturated carbocycles. The fraction of sp³-hybridized carbons (Fsp3) is 0.333. The Hall–Kier alpha value is -2.98. The van der Waals surface area contributed by atoms with E-state index < -0.39 is 39.8 Å². The highest BCUT2D eigenvalue weighted by molar-refractivity contribution is 7.89. The third-order valence-corrected chi connectivity index (χ3v) is 6.85. The Morgan fingerprint density at radius 1 is 1.06 bits per heavy atom. The molecule has 2 atom stereocenters. The summed E-state index contributed by atoms with van der Waals surface area (Å²) in [5, 5.41) is 0. The molecule has 2 unspecified atom stereocenters. The van der Waals surface area contributed by atoms with Gasteiger partial charge in [0.15, 0.2) is 17.7 Å². The SMILES string of the molecule is CC(Oc1ccccc1F)C(=O)NNC(=O)C1CCCCN1S(=O)(=O)c1ccccc1. The molecule has 0 spiro atoms. The highest BCUT2D eigenvalue weighted by Crippen LogP contribution is 2.25. The smallest absolute Gasteiger partial charge is 0.279 e. The largest absolute Gasteiger partial charge is 0.478 e. The summed E-state index contributed by atoms with van der Waals surface area (Å²) in [6.07, 6.45) is 0.553. The van der Waals surface area contributed by atoms with Crippen LogP contribution in [0.15, 0.2) is 59.5 Å². The minimum absolute atomic E-state index is 0.0936. The maximum absolute atomic E-state index is 13.7. The van der Waals surface area contributed by atoms with Gasteiger partial charge < -0.3 is 4.74 Å². The first-order chi connectivity index (χ1) is 14.8. The zero-order valence-electron chi connectivity index (χ0n) is 17.0. The van der Waals surface area contributed by atoms with E-state index in [2.05, 4.69) is 10.9 Å². The van der Waals surface area contributed by atoms with Crippen molar-refractivity contribution in [1.82, 2.24) is 15.2 Å². The molecule has 0 aliphatic carbocycles. The minimum atomic E-state index is -3.86. The van der Waals surface area contributed by atoms with E-state index in [1.54, 1.807) is 24.3 Å². The molecule has 1 aliphatic rings. The molecule has 0 aromatic heterocycles. The van der Waals surface area contributed by atoms with Gasteiger partial charge in [0.05, 0.1) is 4.90 Å². The maximum atomic E-state index is 13.7. The molecule has 3 rings (SSSR count). The molecule has 1 heterocycles. The Morgan fingerprint density at radius 3 is 2.45 bits per heavy atom. The Kier molecular flexibility index (Phi) is 7.24. The lowest BCUT2D eigenvalue weighted by molar-refractivity contribution is -0.134. The van der Waals surface area contributed by atoms with E-state index in [1.165, 1.54) is 37.3 Å². The molecule has 2 aromatic carbocycles. The van der Waals surface area contributed by atoms with Crippen LogP contribution in [-0.2, 0) is 19.6 Å². The maximum Gasteiger partial charge on any atom is 0.279 e. The molecule has 2 amide bonds. The minimum Gasteiger partial charge on any atom is -0.478 e. The lowest BCUT2D eigenvalue weighted by atomic mass is 10.0. The van der Waals surface area contributed by atoms with E-state index in [0.29, 0.717) is 19.3 Å². The van der Waals surface area contributed by atoms with Crippen LogP contribution in [0.4, 0.5) is 4.39 Å². The van der Waals surface area contributed by atoms with Crippen molar-refractivity contribution in [3.05, 3.63) is 60.4 Å². The summed E-state index contributed by atoms with van der Waals surface area (Å²) in [5.74, 6) is -2.06. The van der Waals surface area contributed by atoms with E-state index in [9.17, 15) is 22.4 Å². The average molecular weight is 450 g/mol. The van der Waals surface area contributed by atoms with Crippen LogP contribution >= 0.6 is 0 Å². The summed E-state index contributed by atoms with van der Waals surface area (Å²) >= 11 is 0. The number of para-hydroxylation sites is 1. The molecule has 1 aliphatic heterocycles. The normalized spacial score (nSPS) is 18.1. The molecule has 31 heavy (non-hydrogen) atoms. The van der Waals surface area contributed by atoms with Gasteiger partial charge in [0.25, 0.3) is 11.8 Å². The lowest BCUT2D eigenvalue weighted by Gasteiger charge is -2.33. The second kappa shape index (κ2) is 9.88. The van der Waals surface area contributed by atoms with Crippen LogP contribution in [-0.4, -0.2) is 43.2 Å². The Bertz CT molecular complexity index is 1030. The third-order valence-electron chi connectivity index (χ3n) is 4.92. The van der Waals surface area contributed by atoms with Gasteiger partial charge in [0.1, 0.15) is 6.04 Å². The molecule has 2 N–H and O–H groups in total. The number of halogens is 1. The predicted octanol–water partition coefficient (Wildman–Crippen LogP) is 1.98. The number of rotatable bonds is 6. The summed E-state index contributed by atoms with van der Waals surface area (Å²) in [5.41, 5.74) is 4.49. The molecule has 1 saturated heterocycles. The van der Waals surface area contributed by atoms with Crippen molar-refractivity contribution in [3.8, 4) is 5.75 Å². The fourth-order valence-electron chi connectivity index (χ4n) is 3.27. The lowest BCUT2D eigenvalue weighted by Crippen LogP contribution is -2.56. The van der Waals surface area contributed by atoms with Crippen LogP contribution in [0.2, 0.25) is 0 Å². The number of nitrogens with zero attached hydrogens (tertiary/aromatic N) is 1. The van der Waals surface area contributed by atoms with Crippen LogP contribution in [0.25, 0.3) is 0 Å². The highest BCUT2D eigenvalue weighted by Gasteiger charge is 2.37. The van der Waals surface area contributed by atoms with E-state index in [4.69, 9.17) is 4.74 Å². The Balaban J connectivity index is 1.63. The summed E-state index contributed by atoms with van der Waals surface area (Å²) in [7, 11) is -3.86. The number of benzene rings is 2.